The van der Waals surface area contributed by atoms with E-state index < -0.39 is 0 Å². The minimum atomic E-state index is -0.0575. The van der Waals surface area contributed by atoms with Gasteiger partial charge in [0.05, 0.1) is 17.8 Å². The number of benzene rings is 1. The van der Waals surface area contributed by atoms with Crippen molar-refractivity contribution in [1.82, 2.24) is 19.9 Å². The Morgan fingerprint density at radius 3 is 2.50 bits per heavy atom. The van der Waals surface area contributed by atoms with E-state index in [1.165, 1.54) is 11.1 Å². The second kappa shape index (κ2) is 6.26. The molecule has 6 nitrogen and oxygen atoms in total. The molecule has 0 saturated carbocycles. The fraction of sp³-hybridized carbons (Fsp3) is 0.500. The molecule has 1 aliphatic heterocycles. The molecule has 1 aliphatic carbocycles. The molecular weight excluding hydrogens is 304 g/mol. The van der Waals surface area contributed by atoms with Crippen LogP contribution >= 0.6 is 0 Å². The van der Waals surface area contributed by atoms with Crippen LogP contribution in [0.25, 0.3) is 0 Å². The number of rotatable bonds is 2. The molecule has 6 heteroatoms. The van der Waals surface area contributed by atoms with Crippen LogP contribution in [-0.2, 0) is 12.8 Å². The first-order chi connectivity index (χ1) is 11.7. The standard InChI is InChI=1S/C18H22N4O2/c23-17-12-14-4-2-1-3-13(14)11-16(17)18(24)21-8-5-15(6-9-21)22-10-7-19-20-22/h7,10-12,15,23H,1-6,8-9H2. The van der Waals surface area contributed by atoms with E-state index in [0.29, 0.717) is 24.7 Å². The summed E-state index contributed by atoms with van der Waals surface area (Å²) in [5.41, 5.74) is 2.87. The third-order valence-electron chi connectivity index (χ3n) is 5.26. The van der Waals surface area contributed by atoms with Gasteiger partial charge in [0, 0.05) is 19.3 Å². The summed E-state index contributed by atoms with van der Waals surface area (Å²) in [7, 11) is 0. The van der Waals surface area contributed by atoms with Gasteiger partial charge in [0.15, 0.2) is 0 Å². The first-order valence-electron chi connectivity index (χ1n) is 8.72. The fourth-order valence-electron chi connectivity index (χ4n) is 3.86. The van der Waals surface area contributed by atoms with Gasteiger partial charge < -0.3 is 10.0 Å². The molecule has 1 aromatic heterocycles. The summed E-state index contributed by atoms with van der Waals surface area (Å²) >= 11 is 0. The Labute approximate surface area is 141 Å². The van der Waals surface area contributed by atoms with Gasteiger partial charge in [0.2, 0.25) is 0 Å². The maximum Gasteiger partial charge on any atom is 0.257 e. The van der Waals surface area contributed by atoms with Gasteiger partial charge >= 0.3 is 0 Å². The van der Waals surface area contributed by atoms with Crippen LogP contribution in [-0.4, -0.2) is 44.0 Å². The number of nitrogens with zero attached hydrogens (tertiary/aromatic N) is 4. The Bertz CT molecular complexity index is 734. The first kappa shape index (κ1) is 15.2. The number of piperidine rings is 1. The molecule has 2 aromatic rings. The lowest BCUT2D eigenvalue weighted by Gasteiger charge is -2.32. The summed E-state index contributed by atoms with van der Waals surface area (Å²) < 4.78 is 1.87. The number of aromatic hydroxyl groups is 1. The van der Waals surface area contributed by atoms with Crippen LogP contribution in [0.15, 0.2) is 24.5 Å². The number of hydrogen-bond donors (Lipinski definition) is 1. The van der Waals surface area contributed by atoms with Gasteiger partial charge in [-0.1, -0.05) is 5.21 Å². The zero-order chi connectivity index (χ0) is 16.5. The molecule has 2 aliphatic rings. The van der Waals surface area contributed by atoms with Crippen molar-refractivity contribution in [3.8, 4) is 5.75 Å². The predicted octanol–water partition coefficient (Wildman–Crippen LogP) is 2.34. The lowest BCUT2D eigenvalue weighted by molar-refractivity contribution is 0.0686. The van der Waals surface area contributed by atoms with Crippen molar-refractivity contribution in [2.45, 2.75) is 44.6 Å². The van der Waals surface area contributed by atoms with Gasteiger partial charge in [-0.25, -0.2) is 4.68 Å². The van der Waals surface area contributed by atoms with Crippen molar-refractivity contribution in [3.63, 3.8) is 0 Å². The van der Waals surface area contributed by atoms with Crippen LogP contribution in [0.1, 0.15) is 53.2 Å². The highest BCUT2D eigenvalue weighted by molar-refractivity contribution is 5.97. The molecule has 4 rings (SSSR count). The summed E-state index contributed by atoms with van der Waals surface area (Å²) in [4.78, 5) is 14.7. The highest BCUT2D eigenvalue weighted by Gasteiger charge is 2.27. The van der Waals surface area contributed by atoms with Crippen molar-refractivity contribution in [2.75, 3.05) is 13.1 Å². The average Bonchev–Trinajstić information content (AvgIpc) is 3.15. The molecule has 0 unspecified atom stereocenters. The first-order valence-corrected chi connectivity index (χ1v) is 8.72. The summed E-state index contributed by atoms with van der Waals surface area (Å²) in [6.45, 7) is 1.36. The maximum atomic E-state index is 12.8. The third kappa shape index (κ3) is 2.77. The Morgan fingerprint density at radius 2 is 1.83 bits per heavy atom. The number of phenols is 1. The van der Waals surface area contributed by atoms with Gasteiger partial charge in [-0.2, -0.15) is 0 Å². The number of aryl methyl sites for hydroxylation is 2. The molecule has 0 spiro atoms. The maximum absolute atomic E-state index is 12.8. The molecule has 0 radical (unpaired) electrons. The van der Waals surface area contributed by atoms with E-state index in [-0.39, 0.29) is 11.7 Å². The number of aromatic nitrogens is 3. The molecule has 1 aromatic carbocycles. The van der Waals surface area contributed by atoms with Gasteiger partial charge in [0.1, 0.15) is 5.75 Å². The zero-order valence-corrected chi connectivity index (χ0v) is 13.7. The summed E-state index contributed by atoms with van der Waals surface area (Å²) in [6, 6.07) is 4.01. The van der Waals surface area contributed by atoms with Crippen LogP contribution in [0.5, 0.6) is 5.75 Å². The minimum Gasteiger partial charge on any atom is -0.507 e. The summed E-state index contributed by atoms with van der Waals surface area (Å²) in [5, 5.41) is 18.2. The number of carbonyl (C=O) groups excluding carboxylic acids is 1. The number of amides is 1. The second-order valence-corrected chi connectivity index (χ2v) is 6.75. The number of fused-ring (bicyclic) bond motifs is 1. The van der Waals surface area contributed by atoms with Crippen LogP contribution in [0.3, 0.4) is 0 Å². The highest BCUT2D eigenvalue weighted by atomic mass is 16.3. The molecule has 0 atom stereocenters. The average molecular weight is 326 g/mol. The van der Waals surface area contributed by atoms with E-state index in [2.05, 4.69) is 10.3 Å². The summed E-state index contributed by atoms with van der Waals surface area (Å²) in [5.74, 6) is 0.0666. The molecule has 1 saturated heterocycles. The van der Waals surface area contributed by atoms with Crippen LogP contribution in [0, 0.1) is 0 Å². The molecule has 0 bridgehead atoms. The third-order valence-corrected chi connectivity index (χ3v) is 5.26. The second-order valence-electron chi connectivity index (χ2n) is 6.75. The molecule has 126 valence electrons. The number of carbonyl (C=O) groups is 1. The van der Waals surface area contributed by atoms with Crippen molar-refractivity contribution >= 4 is 5.91 Å². The molecule has 2 heterocycles. The number of phenolic OH excluding ortho intramolecular Hbond substituents is 1. The Morgan fingerprint density at radius 1 is 1.12 bits per heavy atom. The van der Waals surface area contributed by atoms with Gasteiger partial charge in [-0.3, -0.25) is 4.79 Å². The van der Waals surface area contributed by atoms with Crippen LogP contribution in [0.4, 0.5) is 0 Å². The predicted molar refractivity (Wildman–Crippen MR) is 88.9 cm³/mol. The lowest BCUT2D eigenvalue weighted by atomic mass is 9.89. The fourth-order valence-corrected chi connectivity index (χ4v) is 3.86. The van der Waals surface area contributed by atoms with Gasteiger partial charge in [-0.15, -0.1) is 5.10 Å². The highest BCUT2D eigenvalue weighted by Crippen LogP contribution is 2.30. The smallest absolute Gasteiger partial charge is 0.257 e. The number of likely N-dealkylation sites (tertiary alicyclic amines) is 1. The molecule has 1 fully saturated rings. The van der Waals surface area contributed by atoms with E-state index >= 15 is 0 Å². The topological polar surface area (TPSA) is 71.2 Å². The quantitative estimate of drug-likeness (QED) is 0.919. The van der Waals surface area contributed by atoms with E-state index in [4.69, 9.17) is 0 Å². The van der Waals surface area contributed by atoms with E-state index in [1.807, 2.05) is 21.8 Å². The SMILES string of the molecule is O=C(c1cc2c(cc1O)CCCC2)N1CCC(n2ccnn2)CC1. The Kier molecular flexibility index (Phi) is 3.96. The molecule has 1 amide bonds. The van der Waals surface area contributed by atoms with E-state index in [0.717, 1.165) is 38.5 Å². The Hall–Kier alpha value is -2.37. The molecule has 24 heavy (non-hydrogen) atoms. The van der Waals surface area contributed by atoms with Crippen LogP contribution < -0.4 is 0 Å². The number of hydrogen-bond acceptors (Lipinski definition) is 4. The van der Waals surface area contributed by atoms with E-state index in [1.54, 1.807) is 12.3 Å². The molecule has 1 N–H and O–H groups in total. The van der Waals surface area contributed by atoms with Crippen molar-refractivity contribution in [3.05, 3.63) is 41.2 Å². The zero-order valence-electron chi connectivity index (χ0n) is 13.7. The largest absolute Gasteiger partial charge is 0.507 e. The van der Waals surface area contributed by atoms with Crippen molar-refractivity contribution in [1.29, 1.82) is 0 Å². The van der Waals surface area contributed by atoms with Crippen LogP contribution in [0.2, 0.25) is 0 Å². The Balaban J connectivity index is 1.48. The lowest BCUT2D eigenvalue weighted by Crippen LogP contribution is -2.39. The summed E-state index contributed by atoms with van der Waals surface area (Å²) in [6.07, 6.45) is 9.61. The van der Waals surface area contributed by atoms with Gasteiger partial charge in [-0.05, 0) is 61.8 Å². The monoisotopic (exact) mass is 326 g/mol. The normalized spacial score (nSPS) is 18.4. The minimum absolute atomic E-state index is 0.0575. The van der Waals surface area contributed by atoms with Gasteiger partial charge in [0.25, 0.3) is 5.91 Å². The molecular formula is C18H22N4O2. The van der Waals surface area contributed by atoms with Crippen molar-refractivity contribution in [2.24, 2.45) is 0 Å². The van der Waals surface area contributed by atoms with Crippen molar-refractivity contribution < 1.29 is 9.90 Å². The van der Waals surface area contributed by atoms with E-state index in [9.17, 15) is 9.90 Å².